The Bertz CT molecular complexity index is 284. The van der Waals surface area contributed by atoms with Gasteiger partial charge in [0.05, 0.1) is 11.7 Å². The quantitative estimate of drug-likeness (QED) is 0.741. The number of rotatable bonds is 4. The van der Waals surface area contributed by atoms with Crippen LogP contribution in [0.4, 0.5) is 0 Å². The van der Waals surface area contributed by atoms with Gasteiger partial charge in [-0.3, -0.25) is 9.78 Å². The first kappa shape index (κ1) is 11.1. The van der Waals surface area contributed by atoms with Crippen LogP contribution in [0, 0.1) is 0 Å². The van der Waals surface area contributed by atoms with Gasteiger partial charge in [0.15, 0.2) is 0 Å². The number of likely N-dealkylation sites (N-methyl/N-ethyl adjacent to an activating group) is 2. The van der Waals surface area contributed by atoms with Crippen molar-refractivity contribution >= 4 is 17.2 Å². The van der Waals surface area contributed by atoms with Gasteiger partial charge < -0.3 is 9.80 Å². The molecule has 0 atom stereocenters. The van der Waals surface area contributed by atoms with E-state index in [0.717, 1.165) is 13.1 Å². The molecule has 0 unspecified atom stereocenters. The Morgan fingerprint density at radius 3 is 2.64 bits per heavy atom. The maximum Gasteiger partial charge on any atom is 0.265 e. The van der Waals surface area contributed by atoms with E-state index >= 15 is 0 Å². The Labute approximate surface area is 88.2 Å². The molecule has 0 saturated heterocycles. The van der Waals surface area contributed by atoms with Gasteiger partial charge in [-0.15, -0.1) is 11.3 Å². The zero-order valence-electron chi connectivity index (χ0n) is 8.73. The lowest BCUT2D eigenvalue weighted by Crippen LogP contribution is -2.33. The molecule has 1 aromatic heterocycles. The molecular weight excluding hydrogens is 198 g/mol. The highest BCUT2D eigenvalue weighted by molar-refractivity contribution is 7.11. The number of nitrogens with zero attached hydrogens (tertiary/aromatic N) is 3. The third-order valence-corrected chi connectivity index (χ3v) is 2.63. The minimum absolute atomic E-state index is 0.0503. The van der Waals surface area contributed by atoms with Crippen molar-refractivity contribution in [2.24, 2.45) is 0 Å². The third kappa shape index (κ3) is 3.08. The summed E-state index contributed by atoms with van der Waals surface area (Å²) in [7, 11) is 5.79. The van der Waals surface area contributed by atoms with E-state index in [1.54, 1.807) is 16.6 Å². The van der Waals surface area contributed by atoms with Gasteiger partial charge in [0.25, 0.3) is 5.91 Å². The molecule has 1 aromatic rings. The summed E-state index contributed by atoms with van der Waals surface area (Å²) in [5, 5.41) is 0. The summed E-state index contributed by atoms with van der Waals surface area (Å²) >= 11 is 1.38. The van der Waals surface area contributed by atoms with Crippen molar-refractivity contribution in [1.29, 1.82) is 0 Å². The highest BCUT2D eigenvalue weighted by Crippen LogP contribution is 2.08. The number of carbonyl (C=O) groups is 1. The molecule has 0 aliphatic heterocycles. The van der Waals surface area contributed by atoms with Gasteiger partial charge in [0.2, 0.25) is 0 Å². The summed E-state index contributed by atoms with van der Waals surface area (Å²) in [4.78, 5) is 20.0. The van der Waals surface area contributed by atoms with Crippen LogP contribution in [0.25, 0.3) is 0 Å². The van der Waals surface area contributed by atoms with E-state index in [4.69, 9.17) is 0 Å². The molecule has 5 heteroatoms. The van der Waals surface area contributed by atoms with Crippen molar-refractivity contribution in [2.75, 3.05) is 34.2 Å². The molecule has 0 saturated carbocycles. The van der Waals surface area contributed by atoms with E-state index in [1.165, 1.54) is 11.3 Å². The fraction of sp³-hybridized carbons (Fsp3) is 0.556. The SMILES string of the molecule is CN(C)CCN(C)C(=O)c1cncs1. The van der Waals surface area contributed by atoms with Gasteiger partial charge in [-0.25, -0.2) is 0 Å². The molecule has 0 aliphatic rings. The van der Waals surface area contributed by atoms with Crippen LogP contribution in [0.2, 0.25) is 0 Å². The number of thiazole rings is 1. The predicted octanol–water partition coefficient (Wildman–Crippen LogP) is 0.777. The Morgan fingerprint density at radius 2 is 2.14 bits per heavy atom. The molecule has 0 aromatic carbocycles. The Morgan fingerprint density at radius 1 is 1.43 bits per heavy atom. The summed E-state index contributed by atoms with van der Waals surface area (Å²) in [6.45, 7) is 1.62. The standard InChI is InChI=1S/C9H15N3OS/c1-11(2)4-5-12(3)9(13)8-6-10-7-14-8/h6-7H,4-5H2,1-3H3. The van der Waals surface area contributed by atoms with Gasteiger partial charge in [-0.1, -0.05) is 0 Å². The van der Waals surface area contributed by atoms with Crippen molar-refractivity contribution in [2.45, 2.75) is 0 Å². The van der Waals surface area contributed by atoms with Crippen LogP contribution in [0.1, 0.15) is 9.67 Å². The molecule has 4 nitrogen and oxygen atoms in total. The molecule has 0 aliphatic carbocycles. The first-order chi connectivity index (χ1) is 6.61. The molecule has 1 rings (SSSR count). The normalized spacial score (nSPS) is 10.6. The van der Waals surface area contributed by atoms with E-state index in [2.05, 4.69) is 9.88 Å². The van der Waals surface area contributed by atoms with Gasteiger partial charge in [-0.05, 0) is 14.1 Å². The zero-order chi connectivity index (χ0) is 10.6. The van der Waals surface area contributed by atoms with Crippen LogP contribution in [-0.2, 0) is 0 Å². The van der Waals surface area contributed by atoms with Crippen LogP contribution in [0.5, 0.6) is 0 Å². The number of aromatic nitrogens is 1. The van der Waals surface area contributed by atoms with Gasteiger partial charge in [-0.2, -0.15) is 0 Å². The highest BCUT2D eigenvalue weighted by Gasteiger charge is 2.12. The van der Waals surface area contributed by atoms with E-state index in [9.17, 15) is 4.79 Å². The average molecular weight is 213 g/mol. The van der Waals surface area contributed by atoms with E-state index in [0.29, 0.717) is 4.88 Å². The third-order valence-electron chi connectivity index (χ3n) is 1.87. The molecule has 0 spiro atoms. The van der Waals surface area contributed by atoms with E-state index in [-0.39, 0.29) is 5.91 Å². The minimum Gasteiger partial charge on any atom is -0.340 e. The Kier molecular flexibility index (Phi) is 4.03. The number of amides is 1. The molecule has 78 valence electrons. The van der Waals surface area contributed by atoms with Crippen molar-refractivity contribution in [1.82, 2.24) is 14.8 Å². The smallest absolute Gasteiger partial charge is 0.265 e. The highest BCUT2D eigenvalue weighted by atomic mass is 32.1. The first-order valence-electron chi connectivity index (χ1n) is 4.40. The number of hydrogen-bond acceptors (Lipinski definition) is 4. The molecular formula is C9H15N3OS. The fourth-order valence-corrected chi connectivity index (χ4v) is 1.57. The molecule has 14 heavy (non-hydrogen) atoms. The minimum atomic E-state index is 0.0503. The maximum atomic E-state index is 11.7. The van der Waals surface area contributed by atoms with Crippen LogP contribution in [-0.4, -0.2) is 54.9 Å². The van der Waals surface area contributed by atoms with Crippen LogP contribution < -0.4 is 0 Å². The fourth-order valence-electron chi connectivity index (χ4n) is 0.961. The topological polar surface area (TPSA) is 36.4 Å². The van der Waals surface area contributed by atoms with E-state index < -0.39 is 0 Å². The van der Waals surface area contributed by atoms with Gasteiger partial charge in [0, 0.05) is 20.1 Å². The molecule has 0 radical (unpaired) electrons. The lowest BCUT2D eigenvalue weighted by molar-refractivity contribution is 0.0791. The van der Waals surface area contributed by atoms with Crippen molar-refractivity contribution < 1.29 is 4.79 Å². The van der Waals surface area contributed by atoms with Crippen molar-refractivity contribution in [3.63, 3.8) is 0 Å². The summed E-state index contributed by atoms with van der Waals surface area (Å²) in [6, 6.07) is 0. The Balaban J connectivity index is 2.45. The maximum absolute atomic E-state index is 11.7. The second kappa shape index (κ2) is 5.07. The average Bonchev–Trinajstić information content (AvgIpc) is 2.65. The molecule has 1 heterocycles. The summed E-state index contributed by atoms with van der Waals surface area (Å²) < 4.78 is 0. The second-order valence-electron chi connectivity index (χ2n) is 3.40. The summed E-state index contributed by atoms with van der Waals surface area (Å²) in [5.74, 6) is 0.0503. The predicted molar refractivity (Wildman–Crippen MR) is 57.6 cm³/mol. The second-order valence-corrected chi connectivity index (χ2v) is 4.28. The lowest BCUT2D eigenvalue weighted by Gasteiger charge is -2.18. The zero-order valence-corrected chi connectivity index (χ0v) is 9.54. The molecule has 0 N–H and O–H groups in total. The lowest BCUT2D eigenvalue weighted by atomic mass is 10.4. The molecule has 0 fully saturated rings. The van der Waals surface area contributed by atoms with Crippen molar-refractivity contribution in [3.05, 3.63) is 16.6 Å². The first-order valence-corrected chi connectivity index (χ1v) is 5.28. The largest absolute Gasteiger partial charge is 0.340 e. The van der Waals surface area contributed by atoms with E-state index in [1.807, 2.05) is 21.1 Å². The molecule has 1 amide bonds. The number of carbonyl (C=O) groups excluding carboxylic acids is 1. The van der Waals surface area contributed by atoms with Crippen molar-refractivity contribution in [3.8, 4) is 0 Å². The monoisotopic (exact) mass is 213 g/mol. The molecule has 0 bridgehead atoms. The summed E-state index contributed by atoms with van der Waals surface area (Å²) in [6.07, 6.45) is 1.61. The van der Waals surface area contributed by atoms with Crippen LogP contribution >= 0.6 is 11.3 Å². The van der Waals surface area contributed by atoms with Gasteiger partial charge >= 0.3 is 0 Å². The van der Waals surface area contributed by atoms with Crippen LogP contribution in [0.3, 0.4) is 0 Å². The van der Waals surface area contributed by atoms with Crippen LogP contribution in [0.15, 0.2) is 11.7 Å². The van der Waals surface area contributed by atoms with Gasteiger partial charge in [0.1, 0.15) is 4.88 Å². The Hall–Kier alpha value is -0.940. The number of hydrogen-bond donors (Lipinski definition) is 0. The summed E-state index contributed by atoms with van der Waals surface area (Å²) in [5.41, 5.74) is 1.67.